The summed E-state index contributed by atoms with van der Waals surface area (Å²) in [6.45, 7) is 2.78. The molecule has 0 fully saturated rings. The SMILES string of the molecule is Cc1sccc1CNc1nc(N)nc(N(C)C)n1. The lowest BCUT2D eigenvalue weighted by Crippen LogP contribution is -2.16. The van der Waals surface area contributed by atoms with Crippen LogP contribution in [-0.2, 0) is 6.54 Å². The van der Waals surface area contributed by atoms with Gasteiger partial charge in [-0.15, -0.1) is 11.3 Å². The van der Waals surface area contributed by atoms with Gasteiger partial charge in [-0.3, -0.25) is 0 Å². The quantitative estimate of drug-likeness (QED) is 0.871. The van der Waals surface area contributed by atoms with Crippen molar-refractivity contribution in [3.63, 3.8) is 0 Å². The number of rotatable bonds is 4. The average Bonchev–Trinajstić information content (AvgIpc) is 2.71. The second kappa shape index (κ2) is 5.18. The molecule has 0 amide bonds. The summed E-state index contributed by atoms with van der Waals surface area (Å²) in [5.74, 6) is 1.27. The molecule has 96 valence electrons. The van der Waals surface area contributed by atoms with Crippen LogP contribution in [0, 0.1) is 6.92 Å². The van der Waals surface area contributed by atoms with Gasteiger partial charge in [0.25, 0.3) is 0 Å². The molecule has 0 atom stereocenters. The van der Waals surface area contributed by atoms with E-state index in [0.29, 0.717) is 18.4 Å². The predicted octanol–water partition coefficient (Wildman–Crippen LogP) is 1.50. The number of nitrogens with two attached hydrogens (primary N) is 1. The van der Waals surface area contributed by atoms with Crippen molar-refractivity contribution in [1.29, 1.82) is 0 Å². The van der Waals surface area contributed by atoms with Gasteiger partial charge in [-0.05, 0) is 23.9 Å². The monoisotopic (exact) mass is 264 g/mol. The first-order chi connectivity index (χ1) is 8.56. The highest BCUT2D eigenvalue weighted by atomic mass is 32.1. The van der Waals surface area contributed by atoms with Crippen LogP contribution in [0.4, 0.5) is 17.8 Å². The van der Waals surface area contributed by atoms with E-state index >= 15 is 0 Å². The number of hydrogen-bond acceptors (Lipinski definition) is 7. The van der Waals surface area contributed by atoms with Gasteiger partial charge in [-0.25, -0.2) is 0 Å². The number of aryl methyl sites for hydroxylation is 1. The molecule has 2 aromatic heterocycles. The third-order valence-corrected chi connectivity index (χ3v) is 3.33. The van der Waals surface area contributed by atoms with Gasteiger partial charge in [0, 0.05) is 25.5 Å². The maximum absolute atomic E-state index is 5.65. The van der Waals surface area contributed by atoms with E-state index in [1.165, 1.54) is 10.4 Å². The number of hydrogen-bond donors (Lipinski definition) is 2. The molecule has 2 aromatic rings. The Hall–Kier alpha value is -1.89. The summed E-state index contributed by atoms with van der Waals surface area (Å²) in [6.07, 6.45) is 0. The summed E-state index contributed by atoms with van der Waals surface area (Å²) < 4.78 is 0. The van der Waals surface area contributed by atoms with Crippen molar-refractivity contribution in [2.75, 3.05) is 30.0 Å². The van der Waals surface area contributed by atoms with E-state index in [4.69, 9.17) is 5.73 Å². The van der Waals surface area contributed by atoms with Gasteiger partial charge >= 0.3 is 0 Å². The summed E-state index contributed by atoms with van der Waals surface area (Å²) in [6, 6.07) is 2.09. The Kier molecular flexibility index (Phi) is 3.61. The summed E-state index contributed by atoms with van der Waals surface area (Å²) >= 11 is 1.72. The van der Waals surface area contributed by atoms with Gasteiger partial charge in [0.2, 0.25) is 17.8 Å². The third-order valence-electron chi connectivity index (χ3n) is 2.44. The van der Waals surface area contributed by atoms with Crippen molar-refractivity contribution in [3.05, 3.63) is 21.9 Å². The standard InChI is InChI=1S/C11H16N6S/c1-7-8(4-5-18-7)6-13-10-14-9(12)15-11(16-10)17(2)3/h4-5H,6H2,1-3H3,(H3,12,13,14,15,16). The maximum atomic E-state index is 5.65. The molecule has 0 bridgehead atoms. The second-order valence-electron chi connectivity index (χ2n) is 4.07. The van der Waals surface area contributed by atoms with Crippen molar-refractivity contribution >= 4 is 29.2 Å². The lowest BCUT2D eigenvalue weighted by molar-refractivity contribution is 0.950. The topological polar surface area (TPSA) is 80.0 Å². The molecule has 0 unspecified atom stereocenters. The molecule has 0 spiro atoms. The fourth-order valence-electron chi connectivity index (χ4n) is 1.43. The van der Waals surface area contributed by atoms with E-state index in [0.717, 1.165) is 0 Å². The van der Waals surface area contributed by atoms with Crippen molar-refractivity contribution in [1.82, 2.24) is 15.0 Å². The molecule has 2 rings (SSSR count). The Balaban J connectivity index is 2.12. The maximum Gasteiger partial charge on any atom is 0.231 e. The minimum absolute atomic E-state index is 0.221. The highest BCUT2D eigenvalue weighted by Crippen LogP contribution is 2.16. The Morgan fingerprint density at radius 2 is 2.11 bits per heavy atom. The molecule has 0 aromatic carbocycles. The smallest absolute Gasteiger partial charge is 0.231 e. The van der Waals surface area contributed by atoms with Gasteiger partial charge in [0.05, 0.1) is 0 Å². The van der Waals surface area contributed by atoms with E-state index in [-0.39, 0.29) is 5.95 Å². The van der Waals surface area contributed by atoms with Crippen LogP contribution in [0.3, 0.4) is 0 Å². The molecule has 0 radical (unpaired) electrons. The highest BCUT2D eigenvalue weighted by molar-refractivity contribution is 7.10. The van der Waals surface area contributed by atoms with Crippen molar-refractivity contribution in [3.8, 4) is 0 Å². The van der Waals surface area contributed by atoms with Crippen LogP contribution < -0.4 is 16.0 Å². The number of aromatic nitrogens is 3. The highest BCUT2D eigenvalue weighted by Gasteiger charge is 2.06. The first-order valence-corrected chi connectivity index (χ1v) is 6.40. The lowest BCUT2D eigenvalue weighted by Gasteiger charge is -2.12. The molecule has 2 heterocycles. The van der Waals surface area contributed by atoms with E-state index in [9.17, 15) is 0 Å². The molecule has 3 N–H and O–H groups in total. The van der Waals surface area contributed by atoms with Crippen LogP contribution in [0.15, 0.2) is 11.4 Å². The first-order valence-electron chi connectivity index (χ1n) is 5.52. The normalized spacial score (nSPS) is 10.4. The van der Waals surface area contributed by atoms with Crippen molar-refractivity contribution in [2.45, 2.75) is 13.5 Å². The van der Waals surface area contributed by atoms with Gasteiger partial charge in [0.15, 0.2) is 0 Å². The van der Waals surface area contributed by atoms with Gasteiger partial charge in [-0.1, -0.05) is 0 Å². The zero-order chi connectivity index (χ0) is 13.1. The molecule has 6 nitrogen and oxygen atoms in total. The number of nitrogens with one attached hydrogen (secondary N) is 1. The Labute approximate surface area is 110 Å². The van der Waals surface area contributed by atoms with Crippen LogP contribution in [0.1, 0.15) is 10.4 Å². The third kappa shape index (κ3) is 2.86. The molecule has 0 aliphatic rings. The van der Waals surface area contributed by atoms with Crippen LogP contribution in [0.25, 0.3) is 0 Å². The molecular weight excluding hydrogens is 248 g/mol. The van der Waals surface area contributed by atoms with Crippen LogP contribution in [0.5, 0.6) is 0 Å². The zero-order valence-electron chi connectivity index (χ0n) is 10.6. The number of nitrogens with zero attached hydrogens (tertiary/aromatic N) is 4. The summed E-state index contributed by atoms with van der Waals surface area (Å²) in [7, 11) is 3.73. The fourth-order valence-corrected chi connectivity index (χ4v) is 2.16. The van der Waals surface area contributed by atoms with E-state index in [1.807, 2.05) is 14.1 Å². The molecule has 7 heteroatoms. The van der Waals surface area contributed by atoms with Crippen molar-refractivity contribution in [2.24, 2.45) is 0 Å². The van der Waals surface area contributed by atoms with E-state index in [2.05, 4.69) is 38.6 Å². The van der Waals surface area contributed by atoms with Crippen LogP contribution in [0.2, 0.25) is 0 Å². The molecule has 0 aliphatic carbocycles. The molecule has 0 saturated carbocycles. The minimum atomic E-state index is 0.221. The summed E-state index contributed by atoms with van der Waals surface area (Å²) in [5.41, 5.74) is 6.89. The van der Waals surface area contributed by atoms with E-state index < -0.39 is 0 Å². The first kappa shape index (κ1) is 12.6. The molecule has 0 aliphatic heterocycles. The van der Waals surface area contributed by atoms with Gasteiger partial charge in [-0.2, -0.15) is 15.0 Å². The number of anilines is 3. The Morgan fingerprint density at radius 3 is 2.72 bits per heavy atom. The van der Waals surface area contributed by atoms with E-state index in [1.54, 1.807) is 16.2 Å². The minimum Gasteiger partial charge on any atom is -0.368 e. The Bertz CT molecular complexity index is 536. The largest absolute Gasteiger partial charge is 0.368 e. The fraction of sp³-hybridized carbons (Fsp3) is 0.364. The molecule has 0 saturated heterocycles. The van der Waals surface area contributed by atoms with Crippen LogP contribution in [-0.4, -0.2) is 29.0 Å². The summed E-state index contributed by atoms with van der Waals surface area (Å²) in [4.78, 5) is 15.5. The average molecular weight is 264 g/mol. The van der Waals surface area contributed by atoms with Gasteiger partial charge in [0.1, 0.15) is 0 Å². The number of thiophene rings is 1. The summed E-state index contributed by atoms with van der Waals surface area (Å²) in [5, 5.41) is 5.23. The number of nitrogen functional groups attached to an aromatic ring is 1. The zero-order valence-corrected chi connectivity index (χ0v) is 11.5. The Morgan fingerprint density at radius 1 is 1.33 bits per heavy atom. The lowest BCUT2D eigenvalue weighted by atomic mass is 10.3. The molecular formula is C11H16N6S. The van der Waals surface area contributed by atoms with Crippen molar-refractivity contribution < 1.29 is 0 Å². The van der Waals surface area contributed by atoms with Gasteiger partial charge < -0.3 is 16.0 Å². The molecule has 18 heavy (non-hydrogen) atoms. The predicted molar refractivity (Wildman–Crippen MR) is 74.9 cm³/mol. The van der Waals surface area contributed by atoms with Crippen LogP contribution >= 0.6 is 11.3 Å². The second-order valence-corrected chi connectivity index (χ2v) is 5.19.